The zero-order valence-electron chi connectivity index (χ0n) is 9.02. The molecule has 1 heterocycles. The minimum atomic E-state index is -1.02. The molecule has 0 saturated carbocycles. The molecule has 6 heteroatoms. The highest BCUT2D eigenvalue weighted by atomic mass is 35.5. The van der Waals surface area contributed by atoms with Crippen molar-refractivity contribution in [3.63, 3.8) is 0 Å². The first kappa shape index (κ1) is 13.2. The average molecular weight is 300 g/mol. The monoisotopic (exact) mass is 299 g/mol. The summed E-state index contributed by atoms with van der Waals surface area (Å²) in [5.74, 6) is -0.765. The van der Waals surface area contributed by atoms with Crippen molar-refractivity contribution in [2.45, 2.75) is 6.42 Å². The van der Waals surface area contributed by atoms with Crippen LogP contribution >= 0.6 is 34.5 Å². The molecule has 0 spiro atoms. The van der Waals surface area contributed by atoms with E-state index in [9.17, 15) is 9.59 Å². The number of thiazole rings is 1. The van der Waals surface area contributed by atoms with Gasteiger partial charge < -0.3 is 0 Å². The lowest BCUT2D eigenvalue weighted by atomic mass is 10.1. The van der Waals surface area contributed by atoms with Crippen LogP contribution in [0.1, 0.15) is 21.1 Å². The number of aromatic nitrogens is 1. The fourth-order valence-electron chi connectivity index (χ4n) is 1.43. The predicted octanol–water partition coefficient (Wildman–Crippen LogP) is 3.34. The second-order valence-electron chi connectivity index (χ2n) is 3.55. The lowest BCUT2D eigenvalue weighted by molar-refractivity contribution is -0.108. The van der Waals surface area contributed by atoms with Gasteiger partial charge >= 0.3 is 0 Å². The molecule has 0 aliphatic rings. The van der Waals surface area contributed by atoms with E-state index in [0.717, 1.165) is 16.9 Å². The number of halogens is 2. The quantitative estimate of drug-likeness (QED) is 0.494. The molecule has 1 aromatic heterocycles. The molecule has 2 rings (SSSR count). The summed E-state index contributed by atoms with van der Waals surface area (Å²) >= 11 is 12.1. The Bertz CT molecular complexity index is 610. The molecule has 3 nitrogen and oxygen atoms in total. The molecule has 0 radical (unpaired) electrons. The number of nitrogens with zero attached hydrogens (tertiary/aromatic N) is 1. The van der Waals surface area contributed by atoms with Gasteiger partial charge in [-0.3, -0.25) is 9.59 Å². The molecule has 18 heavy (non-hydrogen) atoms. The molecule has 2 aromatic rings. The van der Waals surface area contributed by atoms with Crippen molar-refractivity contribution in [2.24, 2.45) is 0 Å². The third-order valence-corrected chi connectivity index (χ3v) is 3.50. The van der Waals surface area contributed by atoms with Gasteiger partial charge in [-0.1, -0.05) is 23.7 Å². The molecule has 0 atom stereocenters. The van der Waals surface area contributed by atoms with Gasteiger partial charge in [-0.2, -0.15) is 0 Å². The fourth-order valence-corrected chi connectivity index (χ4v) is 2.54. The van der Waals surface area contributed by atoms with E-state index >= 15 is 0 Å². The average Bonchev–Trinajstić information content (AvgIpc) is 2.76. The van der Waals surface area contributed by atoms with E-state index in [1.807, 2.05) is 18.2 Å². The summed E-state index contributed by atoms with van der Waals surface area (Å²) in [6.45, 7) is 0. The van der Waals surface area contributed by atoms with Gasteiger partial charge in [0.05, 0.1) is 5.69 Å². The molecule has 0 saturated heterocycles. The van der Waals surface area contributed by atoms with Crippen molar-refractivity contribution < 1.29 is 9.59 Å². The number of Topliss-reactive ketones (excluding diaryl/α,β-unsaturated/α-hetero) is 1. The Balaban J connectivity index is 2.16. The van der Waals surface area contributed by atoms with Crippen LogP contribution in [-0.4, -0.2) is 16.0 Å². The Morgan fingerprint density at radius 2 is 2.11 bits per heavy atom. The summed E-state index contributed by atoms with van der Waals surface area (Å²) < 4.78 is 0. The van der Waals surface area contributed by atoms with Crippen molar-refractivity contribution >= 4 is 45.6 Å². The van der Waals surface area contributed by atoms with Gasteiger partial charge in [-0.15, -0.1) is 11.3 Å². The van der Waals surface area contributed by atoms with Crippen molar-refractivity contribution in [2.75, 3.05) is 0 Å². The molecule has 1 aromatic carbocycles. The second kappa shape index (κ2) is 5.61. The topological polar surface area (TPSA) is 47.0 Å². The van der Waals surface area contributed by atoms with Crippen molar-refractivity contribution in [1.82, 2.24) is 4.98 Å². The van der Waals surface area contributed by atoms with Gasteiger partial charge in [0.2, 0.25) is 0 Å². The fraction of sp³-hybridized carbons (Fsp3) is 0.0833. The van der Waals surface area contributed by atoms with Crippen LogP contribution < -0.4 is 0 Å². The van der Waals surface area contributed by atoms with Crippen LogP contribution in [0.3, 0.4) is 0 Å². The minimum absolute atomic E-state index is 0.118. The lowest BCUT2D eigenvalue weighted by Crippen LogP contribution is -2.06. The normalized spacial score (nSPS) is 10.3. The Hall–Kier alpha value is -1.23. The van der Waals surface area contributed by atoms with Gasteiger partial charge in [-0.05, 0) is 29.3 Å². The smallest absolute Gasteiger partial charge is 0.281 e. The van der Waals surface area contributed by atoms with E-state index in [4.69, 9.17) is 23.2 Å². The standard InChI is InChI=1S/C12H7Cl2NO2S/c13-8-3-1-2-7(4-8)5-9-6-18-12(15-9)10(16)11(14)17/h1-4,6H,5H2. The van der Waals surface area contributed by atoms with Crippen molar-refractivity contribution in [3.05, 3.63) is 50.9 Å². The van der Waals surface area contributed by atoms with Crippen LogP contribution in [0.2, 0.25) is 5.02 Å². The highest BCUT2D eigenvalue weighted by molar-refractivity contribution is 7.13. The number of hydrogen-bond acceptors (Lipinski definition) is 4. The van der Waals surface area contributed by atoms with Crippen molar-refractivity contribution in [1.29, 1.82) is 0 Å². The Morgan fingerprint density at radius 1 is 1.33 bits per heavy atom. The van der Waals surface area contributed by atoms with Gasteiger partial charge in [0.25, 0.3) is 11.0 Å². The predicted molar refractivity (Wildman–Crippen MR) is 71.6 cm³/mol. The first-order chi connectivity index (χ1) is 8.56. The van der Waals surface area contributed by atoms with E-state index in [0.29, 0.717) is 17.1 Å². The van der Waals surface area contributed by atoms with Gasteiger partial charge in [0.15, 0.2) is 5.01 Å². The van der Waals surface area contributed by atoms with E-state index in [1.54, 1.807) is 11.4 Å². The summed E-state index contributed by atoms with van der Waals surface area (Å²) in [5, 5.41) is 1.48. The summed E-state index contributed by atoms with van der Waals surface area (Å²) in [7, 11) is 0. The second-order valence-corrected chi connectivity index (χ2v) is 5.19. The Kier molecular flexibility index (Phi) is 4.11. The molecule has 0 aliphatic heterocycles. The van der Waals surface area contributed by atoms with Crippen LogP contribution in [0.5, 0.6) is 0 Å². The number of hydrogen-bond donors (Lipinski definition) is 0. The maximum atomic E-state index is 11.3. The summed E-state index contributed by atoms with van der Waals surface area (Å²) in [6.07, 6.45) is 0.556. The summed E-state index contributed by atoms with van der Waals surface area (Å²) in [4.78, 5) is 26.1. The highest BCUT2D eigenvalue weighted by Crippen LogP contribution is 2.17. The first-order valence-corrected chi connectivity index (χ1v) is 6.63. The van der Waals surface area contributed by atoms with E-state index < -0.39 is 11.0 Å². The maximum absolute atomic E-state index is 11.3. The van der Waals surface area contributed by atoms with E-state index in [1.165, 1.54) is 0 Å². The Morgan fingerprint density at radius 3 is 2.78 bits per heavy atom. The number of ketones is 1. The molecule has 0 unspecified atom stereocenters. The third kappa shape index (κ3) is 3.16. The molecular formula is C12H7Cl2NO2S. The Labute approximate surface area is 117 Å². The highest BCUT2D eigenvalue weighted by Gasteiger charge is 2.17. The summed E-state index contributed by atoms with van der Waals surface area (Å²) in [5.41, 5.74) is 1.70. The maximum Gasteiger partial charge on any atom is 0.295 e. The van der Waals surface area contributed by atoms with Crippen molar-refractivity contribution in [3.8, 4) is 0 Å². The van der Waals surface area contributed by atoms with E-state index in [-0.39, 0.29) is 5.01 Å². The summed E-state index contributed by atoms with van der Waals surface area (Å²) in [6, 6.07) is 7.38. The molecule has 92 valence electrons. The number of carbonyl (C=O) groups is 2. The van der Waals surface area contributed by atoms with Crippen LogP contribution in [0, 0.1) is 0 Å². The molecular weight excluding hydrogens is 293 g/mol. The first-order valence-electron chi connectivity index (χ1n) is 4.99. The zero-order chi connectivity index (χ0) is 13.1. The zero-order valence-corrected chi connectivity index (χ0v) is 11.4. The minimum Gasteiger partial charge on any atom is -0.281 e. The molecule has 0 aliphatic carbocycles. The van der Waals surface area contributed by atoms with Crippen LogP contribution in [0.25, 0.3) is 0 Å². The van der Waals surface area contributed by atoms with Crippen LogP contribution in [-0.2, 0) is 11.2 Å². The molecule has 0 fully saturated rings. The molecule has 0 bridgehead atoms. The molecule has 0 amide bonds. The SMILES string of the molecule is O=C(Cl)C(=O)c1nc(Cc2cccc(Cl)c2)cs1. The lowest BCUT2D eigenvalue weighted by Gasteiger charge is -1.98. The number of rotatable bonds is 4. The number of carbonyl (C=O) groups excluding carboxylic acids is 2. The van der Waals surface area contributed by atoms with Crippen LogP contribution in [0.4, 0.5) is 0 Å². The van der Waals surface area contributed by atoms with Gasteiger partial charge in [0.1, 0.15) is 0 Å². The number of benzene rings is 1. The van der Waals surface area contributed by atoms with Gasteiger partial charge in [0, 0.05) is 16.8 Å². The largest absolute Gasteiger partial charge is 0.295 e. The van der Waals surface area contributed by atoms with Crippen LogP contribution in [0.15, 0.2) is 29.6 Å². The van der Waals surface area contributed by atoms with Gasteiger partial charge in [-0.25, -0.2) is 4.98 Å². The molecule has 0 N–H and O–H groups in total. The third-order valence-electron chi connectivity index (χ3n) is 2.20. The van der Waals surface area contributed by atoms with E-state index in [2.05, 4.69) is 4.98 Å².